The molecule has 0 aromatic heterocycles. The summed E-state index contributed by atoms with van der Waals surface area (Å²) in [5.74, 6) is 0.149. The highest BCUT2D eigenvalue weighted by molar-refractivity contribution is 6.32. The van der Waals surface area contributed by atoms with Gasteiger partial charge < -0.3 is 4.74 Å². The van der Waals surface area contributed by atoms with Gasteiger partial charge in [-0.05, 0) is 25.7 Å². The van der Waals surface area contributed by atoms with E-state index in [0.29, 0.717) is 0 Å². The summed E-state index contributed by atoms with van der Waals surface area (Å²) >= 11 is 5.87. The maximum absolute atomic E-state index is 10.9. The molecule has 1 aliphatic rings. The van der Waals surface area contributed by atoms with Crippen molar-refractivity contribution in [3.63, 3.8) is 0 Å². The molecule has 0 spiro atoms. The van der Waals surface area contributed by atoms with Crippen LogP contribution in [0.2, 0.25) is 5.02 Å². The molecule has 0 heterocycles. The van der Waals surface area contributed by atoms with Crippen LogP contribution in [0.1, 0.15) is 31.2 Å². The first-order valence-electron chi connectivity index (χ1n) is 5.66. The third-order valence-electron chi connectivity index (χ3n) is 2.96. The van der Waals surface area contributed by atoms with Crippen molar-refractivity contribution in [1.82, 2.24) is 0 Å². The molecule has 0 amide bonds. The molecule has 0 N–H and O–H groups in total. The number of nitrogens with zero attached hydrogens (tertiary/aromatic N) is 2. The fraction of sp³-hybridized carbons (Fsp3) is 0.417. The zero-order chi connectivity index (χ0) is 13.1. The molecule has 18 heavy (non-hydrogen) atoms. The highest BCUT2D eigenvalue weighted by Gasteiger charge is 2.24. The van der Waals surface area contributed by atoms with Crippen LogP contribution in [0.25, 0.3) is 0 Å². The lowest BCUT2D eigenvalue weighted by atomic mass is 10.2. The van der Waals surface area contributed by atoms with Crippen LogP contribution in [-0.2, 0) is 0 Å². The van der Waals surface area contributed by atoms with Crippen molar-refractivity contribution in [1.29, 1.82) is 5.26 Å². The van der Waals surface area contributed by atoms with Crippen LogP contribution in [0, 0.1) is 21.4 Å². The first kappa shape index (κ1) is 12.7. The third-order valence-corrected chi connectivity index (χ3v) is 3.27. The van der Waals surface area contributed by atoms with Crippen LogP contribution in [0.3, 0.4) is 0 Å². The van der Waals surface area contributed by atoms with Crippen LogP contribution < -0.4 is 4.74 Å². The molecule has 1 aromatic carbocycles. The van der Waals surface area contributed by atoms with Gasteiger partial charge in [-0.25, -0.2) is 0 Å². The van der Waals surface area contributed by atoms with E-state index in [0.717, 1.165) is 31.7 Å². The molecule has 2 rings (SSSR count). The largest absolute Gasteiger partial charge is 0.483 e. The SMILES string of the molecule is N#Cc1cc([N+](=O)[O-])c(OC2CCCC2)cc1Cl. The monoisotopic (exact) mass is 266 g/mol. The predicted octanol–water partition coefficient (Wildman–Crippen LogP) is 3.44. The Hall–Kier alpha value is -1.80. The van der Waals surface area contributed by atoms with Crippen molar-refractivity contribution in [2.24, 2.45) is 0 Å². The van der Waals surface area contributed by atoms with E-state index in [-0.39, 0.29) is 28.1 Å². The molecular weight excluding hydrogens is 256 g/mol. The summed E-state index contributed by atoms with van der Waals surface area (Å²) in [4.78, 5) is 10.4. The molecule has 1 saturated carbocycles. The molecule has 5 nitrogen and oxygen atoms in total. The minimum atomic E-state index is -0.554. The van der Waals surface area contributed by atoms with Gasteiger partial charge in [0.2, 0.25) is 0 Å². The molecule has 94 valence electrons. The first-order chi connectivity index (χ1) is 8.61. The lowest BCUT2D eigenvalue weighted by Gasteiger charge is -2.13. The molecule has 0 atom stereocenters. The maximum atomic E-state index is 10.9. The number of nitro groups is 1. The summed E-state index contributed by atoms with van der Waals surface area (Å²) in [6.45, 7) is 0. The number of ether oxygens (including phenoxy) is 1. The number of hydrogen-bond acceptors (Lipinski definition) is 4. The van der Waals surface area contributed by atoms with Gasteiger partial charge >= 0.3 is 5.69 Å². The van der Waals surface area contributed by atoms with Gasteiger partial charge in [0.05, 0.1) is 21.6 Å². The van der Waals surface area contributed by atoms with Gasteiger partial charge in [0, 0.05) is 12.1 Å². The maximum Gasteiger partial charge on any atom is 0.312 e. The summed E-state index contributed by atoms with van der Waals surface area (Å²) in [6.07, 6.45) is 3.95. The Balaban J connectivity index is 2.35. The number of benzene rings is 1. The van der Waals surface area contributed by atoms with Crippen LogP contribution in [0.15, 0.2) is 12.1 Å². The summed E-state index contributed by atoms with van der Waals surface area (Å²) in [5, 5.41) is 19.9. The van der Waals surface area contributed by atoms with E-state index >= 15 is 0 Å². The van der Waals surface area contributed by atoms with Crippen LogP contribution in [-0.4, -0.2) is 11.0 Å². The summed E-state index contributed by atoms with van der Waals surface area (Å²) in [5.41, 5.74) is -0.120. The van der Waals surface area contributed by atoms with Crippen LogP contribution in [0.5, 0.6) is 5.75 Å². The second kappa shape index (κ2) is 5.23. The number of nitriles is 1. The fourth-order valence-electron chi connectivity index (χ4n) is 2.05. The summed E-state index contributed by atoms with van der Waals surface area (Å²) < 4.78 is 5.61. The van der Waals surface area contributed by atoms with E-state index in [2.05, 4.69) is 0 Å². The molecule has 0 radical (unpaired) electrons. The van der Waals surface area contributed by atoms with Gasteiger partial charge in [-0.1, -0.05) is 11.6 Å². The first-order valence-corrected chi connectivity index (χ1v) is 6.04. The zero-order valence-electron chi connectivity index (χ0n) is 9.56. The minimum Gasteiger partial charge on any atom is -0.483 e. The molecule has 1 aromatic rings. The number of nitro benzene ring substituents is 1. The van der Waals surface area contributed by atoms with Crippen molar-refractivity contribution in [3.8, 4) is 11.8 Å². The highest BCUT2D eigenvalue weighted by Crippen LogP contribution is 2.35. The average molecular weight is 267 g/mol. The van der Waals surface area contributed by atoms with E-state index in [9.17, 15) is 10.1 Å². The standard InChI is InChI=1S/C12H11ClN2O3/c13-10-6-12(18-9-3-1-2-4-9)11(15(16)17)5-8(10)7-14/h5-6,9H,1-4H2. The Morgan fingerprint density at radius 2 is 2.11 bits per heavy atom. The predicted molar refractivity (Wildman–Crippen MR) is 65.7 cm³/mol. The minimum absolute atomic E-state index is 0.00713. The lowest BCUT2D eigenvalue weighted by molar-refractivity contribution is -0.386. The lowest BCUT2D eigenvalue weighted by Crippen LogP contribution is -2.12. The van der Waals surface area contributed by atoms with Crippen molar-refractivity contribution in [3.05, 3.63) is 32.8 Å². The second-order valence-electron chi connectivity index (χ2n) is 4.19. The van der Waals surface area contributed by atoms with E-state index < -0.39 is 4.92 Å². The quantitative estimate of drug-likeness (QED) is 0.620. The van der Waals surface area contributed by atoms with Crippen molar-refractivity contribution >= 4 is 17.3 Å². The van der Waals surface area contributed by atoms with Crippen molar-refractivity contribution in [2.75, 3.05) is 0 Å². The molecule has 0 aliphatic heterocycles. The van der Waals surface area contributed by atoms with Crippen molar-refractivity contribution < 1.29 is 9.66 Å². The fourth-order valence-corrected chi connectivity index (χ4v) is 2.25. The zero-order valence-corrected chi connectivity index (χ0v) is 10.3. The van der Waals surface area contributed by atoms with Crippen LogP contribution in [0.4, 0.5) is 5.69 Å². The van der Waals surface area contributed by atoms with E-state index in [1.54, 1.807) is 0 Å². The van der Waals surface area contributed by atoms with Crippen molar-refractivity contribution in [2.45, 2.75) is 31.8 Å². The highest BCUT2D eigenvalue weighted by atomic mass is 35.5. The van der Waals surface area contributed by atoms with Gasteiger partial charge in [-0.3, -0.25) is 10.1 Å². The van der Waals surface area contributed by atoms with Crippen LogP contribution >= 0.6 is 11.6 Å². The van der Waals surface area contributed by atoms with Gasteiger partial charge in [0.1, 0.15) is 6.07 Å². The van der Waals surface area contributed by atoms with Gasteiger partial charge in [-0.2, -0.15) is 5.26 Å². The van der Waals surface area contributed by atoms with Gasteiger partial charge in [-0.15, -0.1) is 0 Å². The Bertz CT molecular complexity index is 519. The average Bonchev–Trinajstić information content (AvgIpc) is 2.81. The van der Waals surface area contributed by atoms with Gasteiger partial charge in [0.25, 0.3) is 0 Å². The number of halogens is 1. The topological polar surface area (TPSA) is 76.2 Å². The molecule has 6 heteroatoms. The van der Waals surface area contributed by atoms with E-state index in [1.807, 2.05) is 6.07 Å². The molecule has 0 unspecified atom stereocenters. The Morgan fingerprint density at radius 3 is 2.67 bits per heavy atom. The molecule has 0 saturated heterocycles. The Kier molecular flexibility index (Phi) is 3.68. The molecule has 1 aliphatic carbocycles. The normalized spacial score (nSPS) is 15.3. The summed E-state index contributed by atoms with van der Waals surface area (Å²) in [7, 11) is 0. The Morgan fingerprint density at radius 1 is 1.44 bits per heavy atom. The molecular formula is C12H11ClN2O3. The molecule has 1 fully saturated rings. The second-order valence-corrected chi connectivity index (χ2v) is 4.60. The smallest absolute Gasteiger partial charge is 0.312 e. The number of rotatable bonds is 3. The van der Waals surface area contributed by atoms with E-state index in [1.165, 1.54) is 6.07 Å². The van der Waals surface area contributed by atoms with E-state index in [4.69, 9.17) is 21.6 Å². The van der Waals surface area contributed by atoms with Gasteiger partial charge in [0.15, 0.2) is 5.75 Å². The molecule has 0 bridgehead atoms. The Labute approximate surface area is 109 Å². The number of hydrogen-bond donors (Lipinski definition) is 0. The third kappa shape index (κ3) is 2.54. The summed E-state index contributed by atoms with van der Waals surface area (Å²) in [6, 6.07) is 4.34.